The molecule has 0 amide bonds. The van der Waals surface area contributed by atoms with E-state index in [1.54, 1.807) is 19.2 Å². The molecule has 102 valence electrons. The normalized spacial score (nSPS) is 9.90. The van der Waals surface area contributed by atoms with Crippen LogP contribution in [0.1, 0.15) is 11.1 Å². The summed E-state index contributed by atoms with van der Waals surface area (Å²) < 4.78 is 5.21. The molecule has 0 saturated heterocycles. The van der Waals surface area contributed by atoms with Crippen LogP contribution in [0.4, 0.5) is 5.69 Å². The van der Waals surface area contributed by atoms with Crippen molar-refractivity contribution in [1.82, 2.24) is 0 Å². The van der Waals surface area contributed by atoms with Gasteiger partial charge >= 0.3 is 0 Å². The Labute approximate surface area is 124 Å². The van der Waals surface area contributed by atoms with Crippen LogP contribution < -0.4 is 9.64 Å². The lowest BCUT2D eigenvalue weighted by Crippen LogP contribution is -2.17. The first-order chi connectivity index (χ1) is 9.63. The number of hydrogen-bond acceptors (Lipinski definition) is 3. The molecule has 0 aliphatic heterocycles. The molecule has 0 aromatic heterocycles. The minimum absolute atomic E-state index is 0.570. The number of nitrogens with zero attached hydrogens (tertiary/aromatic N) is 2. The molecule has 2 rings (SSSR count). The molecule has 3 nitrogen and oxygen atoms in total. The number of halogens is 1. The molecule has 0 aliphatic carbocycles. The van der Waals surface area contributed by atoms with Gasteiger partial charge in [0, 0.05) is 18.6 Å². The van der Waals surface area contributed by atoms with Crippen molar-refractivity contribution in [3.8, 4) is 11.8 Å². The lowest BCUT2D eigenvalue weighted by Gasteiger charge is -2.21. The zero-order valence-corrected chi connectivity index (χ0v) is 12.2. The van der Waals surface area contributed by atoms with Crippen LogP contribution in [0.2, 0.25) is 5.02 Å². The molecular formula is C16H15ClN2O. The smallest absolute Gasteiger partial charge is 0.119 e. The zero-order valence-electron chi connectivity index (χ0n) is 11.4. The summed E-state index contributed by atoms with van der Waals surface area (Å²) in [5.41, 5.74) is 2.55. The molecule has 2 aromatic rings. The van der Waals surface area contributed by atoms with Crippen LogP contribution in [-0.2, 0) is 6.54 Å². The Bertz CT molecular complexity index is 649. The van der Waals surface area contributed by atoms with Crippen molar-refractivity contribution >= 4 is 17.3 Å². The third-order valence-electron chi connectivity index (χ3n) is 3.04. The quantitative estimate of drug-likeness (QED) is 0.856. The minimum Gasteiger partial charge on any atom is -0.497 e. The second-order valence-corrected chi connectivity index (χ2v) is 4.92. The molecule has 0 radical (unpaired) electrons. The predicted octanol–water partition coefficient (Wildman–Crippen LogP) is 3.86. The van der Waals surface area contributed by atoms with Gasteiger partial charge in [-0.25, -0.2) is 0 Å². The molecular weight excluding hydrogens is 272 g/mol. The van der Waals surface area contributed by atoms with E-state index in [0.29, 0.717) is 17.1 Å². The second kappa shape index (κ2) is 6.31. The number of anilines is 1. The van der Waals surface area contributed by atoms with E-state index in [1.165, 1.54) is 0 Å². The predicted molar refractivity (Wildman–Crippen MR) is 81.3 cm³/mol. The fourth-order valence-corrected chi connectivity index (χ4v) is 2.23. The van der Waals surface area contributed by atoms with Crippen LogP contribution in [0.3, 0.4) is 0 Å². The van der Waals surface area contributed by atoms with E-state index >= 15 is 0 Å². The maximum absolute atomic E-state index is 9.18. The molecule has 0 aliphatic rings. The van der Waals surface area contributed by atoms with Crippen molar-refractivity contribution in [3.63, 3.8) is 0 Å². The number of hydrogen-bond donors (Lipinski definition) is 0. The van der Waals surface area contributed by atoms with E-state index in [-0.39, 0.29) is 0 Å². The van der Waals surface area contributed by atoms with Crippen molar-refractivity contribution in [2.75, 3.05) is 19.1 Å². The number of rotatable bonds is 4. The summed E-state index contributed by atoms with van der Waals surface area (Å²) in [6.45, 7) is 0.688. The van der Waals surface area contributed by atoms with E-state index in [0.717, 1.165) is 17.0 Å². The molecule has 0 N–H and O–H groups in total. The van der Waals surface area contributed by atoms with E-state index in [4.69, 9.17) is 16.3 Å². The lowest BCUT2D eigenvalue weighted by atomic mass is 10.1. The molecule has 0 saturated carbocycles. The lowest BCUT2D eigenvalue weighted by molar-refractivity contribution is 0.414. The largest absolute Gasteiger partial charge is 0.497 e. The van der Waals surface area contributed by atoms with E-state index in [1.807, 2.05) is 42.3 Å². The van der Waals surface area contributed by atoms with E-state index in [9.17, 15) is 5.26 Å². The third kappa shape index (κ3) is 3.23. The topological polar surface area (TPSA) is 36.3 Å². The van der Waals surface area contributed by atoms with Crippen LogP contribution in [0.25, 0.3) is 0 Å². The van der Waals surface area contributed by atoms with E-state index < -0.39 is 0 Å². The summed E-state index contributed by atoms with van der Waals surface area (Å²) in [5, 5.41) is 9.75. The maximum Gasteiger partial charge on any atom is 0.119 e. The van der Waals surface area contributed by atoms with Crippen LogP contribution in [0, 0.1) is 11.3 Å². The van der Waals surface area contributed by atoms with Crippen LogP contribution in [0.5, 0.6) is 5.75 Å². The Balaban J connectivity index is 2.24. The SMILES string of the molecule is COc1cccc(CN(C)c2ccc(Cl)cc2C#N)c1. The molecule has 0 atom stereocenters. The van der Waals surface area contributed by atoms with Gasteiger partial charge in [-0.05, 0) is 35.9 Å². The highest BCUT2D eigenvalue weighted by molar-refractivity contribution is 6.30. The summed E-state index contributed by atoms with van der Waals surface area (Å²) in [5.74, 6) is 0.826. The standard InChI is InChI=1S/C16H15ClN2O/c1-19(11-12-4-3-5-15(8-12)20-2)16-7-6-14(17)9-13(16)10-18/h3-9H,11H2,1-2H3. The first-order valence-electron chi connectivity index (χ1n) is 6.17. The Morgan fingerprint density at radius 3 is 2.75 bits per heavy atom. The van der Waals surface area contributed by atoms with Crippen LogP contribution in [-0.4, -0.2) is 14.2 Å². The van der Waals surface area contributed by atoms with Crippen LogP contribution >= 0.6 is 11.6 Å². The first-order valence-corrected chi connectivity index (χ1v) is 6.55. The van der Waals surface area contributed by atoms with Gasteiger partial charge in [-0.2, -0.15) is 5.26 Å². The highest BCUT2D eigenvalue weighted by atomic mass is 35.5. The molecule has 20 heavy (non-hydrogen) atoms. The number of nitriles is 1. The molecule has 0 heterocycles. The van der Waals surface area contributed by atoms with Gasteiger partial charge in [-0.3, -0.25) is 0 Å². The van der Waals surface area contributed by atoms with Crippen molar-refractivity contribution in [2.24, 2.45) is 0 Å². The highest BCUT2D eigenvalue weighted by Crippen LogP contribution is 2.24. The molecule has 0 bridgehead atoms. The van der Waals surface area contributed by atoms with Gasteiger partial charge in [-0.15, -0.1) is 0 Å². The molecule has 4 heteroatoms. The third-order valence-corrected chi connectivity index (χ3v) is 3.28. The van der Waals surface area contributed by atoms with Gasteiger partial charge in [0.05, 0.1) is 18.4 Å². The summed E-state index contributed by atoms with van der Waals surface area (Å²) in [6.07, 6.45) is 0. The van der Waals surface area contributed by atoms with Gasteiger partial charge in [0.15, 0.2) is 0 Å². The minimum atomic E-state index is 0.570. The van der Waals surface area contributed by atoms with Gasteiger partial charge in [0.1, 0.15) is 11.8 Å². The molecule has 0 fully saturated rings. The maximum atomic E-state index is 9.18. The fraction of sp³-hybridized carbons (Fsp3) is 0.188. The zero-order chi connectivity index (χ0) is 14.5. The highest BCUT2D eigenvalue weighted by Gasteiger charge is 2.09. The average Bonchev–Trinajstić information content (AvgIpc) is 2.47. The van der Waals surface area contributed by atoms with Crippen LogP contribution in [0.15, 0.2) is 42.5 Å². The van der Waals surface area contributed by atoms with Crippen molar-refractivity contribution in [2.45, 2.75) is 6.54 Å². The first kappa shape index (κ1) is 14.2. The Kier molecular flexibility index (Phi) is 4.49. The number of methoxy groups -OCH3 is 1. The second-order valence-electron chi connectivity index (χ2n) is 4.48. The van der Waals surface area contributed by atoms with Gasteiger partial charge in [0.25, 0.3) is 0 Å². The van der Waals surface area contributed by atoms with Gasteiger partial charge in [-0.1, -0.05) is 23.7 Å². The number of benzene rings is 2. The Morgan fingerprint density at radius 2 is 2.05 bits per heavy atom. The Hall–Kier alpha value is -2.18. The molecule has 0 unspecified atom stereocenters. The van der Waals surface area contributed by atoms with E-state index in [2.05, 4.69) is 6.07 Å². The summed E-state index contributed by atoms with van der Waals surface area (Å²) >= 11 is 5.91. The van der Waals surface area contributed by atoms with Crippen molar-refractivity contribution in [3.05, 3.63) is 58.6 Å². The molecule has 0 spiro atoms. The monoisotopic (exact) mass is 286 g/mol. The average molecular weight is 287 g/mol. The van der Waals surface area contributed by atoms with Crippen molar-refractivity contribution < 1.29 is 4.74 Å². The van der Waals surface area contributed by atoms with Gasteiger partial charge < -0.3 is 9.64 Å². The van der Waals surface area contributed by atoms with Gasteiger partial charge in [0.2, 0.25) is 0 Å². The Morgan fingerprint density at radius 1 is 1.25 bits per heavy atom. The summed E-state index contributed by atoms with van der Waals surface area (Å²) in [7, 11) is 3.60. The molecule has 2 aromatic carbocycles. The fourth-order valence-electron chi connectivity index (χ4n) is 2.06. The van der Waals surface area contributed by atoms with Crippen molar-refractivity contribution in [1.29, 1.82) is 5.26 Å². The number of ether oxygens (including phenoxy) is 1. The summed E-state index contributed by atoms with van der Waals surface area (Å²) in [4.78, 5) is 2.02. The summed E-state index contributed by atoms with van der Waals surface area (Å²) in [6, 6.07) is 15.4.